The maximum atomic E-state index is 12.9. The van der Waals surface area contributed by atoms with Gasteiger partial charge in [0.2, 0.25) is 0 Å². The van der Waals surface area contributed by atoms with Gasteiger partial charge < -0.3 is 15.5 Å². The van der Waals surface area contributed by atoms with Crippen molar-refractivity contribution in [3.05, 3.63) is 28.8 Å². The van der Waals surface area contributed by atoms with E-state index in [4.69, 9.17) is 11.6 Å². The lowest BCUT2D eigenvalue weighted by Crippen LogP contribution is -2.39. The van der Waals surface area contributed by atoms with Gasteiger partial charge in [-0.2, -0.15) is 0 Å². The molecule has 2 heterocycles. The summed E-state index contributed by atoms with van der Waals surface area (Å²) < 4.78 is 0. The number of hydrogen-bond donors (Lipinski definition) is 2. The van der Waals surface area contributed by atoms with Crippen LogP contribution >= 0.6 is 24.0 Å². The number of likely N-dealkylation sites (tertiary alicyclic amines) is 1. The van der Waals surface area contributed by atoms with Crippen molar-refractivity contribution in [3.63, 3.8) is 0 Å². The van der Waals surface area contributed by atoms with Gasteiger partial charge in [0.25, 0.3) is 5.91 Å². The molecule has 8 heteroatoms. The summed E-state index contributed by atoms with van der Waals surface area (Å²) in [5.74, 6) is 0.630. The largest absolute Gasteiger partial charge is 0.339 e. The number of benzene rings is 1. The number of nitrogens with zero attached hydrogens (tertiary/aromatic N) is 2. The maximum absolute atomic E-state index is 12.9. The Morgan fingerprint density at radius 2 is 2.04 bits per heavy atom. The molecule has 0 radical (unpaired) electrons. The fourth-order valence-electron chi connectivity index (χ4n) is 3.51. The molecule has 3 rings (SSSR count). The Kier molecular flexibility index (Phi) is 7.55. The van der Waals surface area contributed by atoms with Crippen LogP contribution in [0.4, 0.5) is 10.5 Å². The van der Waals surface area contributed by atoms with Crippen molar-refractivity contribution in [1.29, 1.82) is 0 Å². The van der Waals surface area contributed by atoms with E-state index in [1.807, 2.05) is 11.9 Å². The summed E-state index contributed by atoms with van der Waals surface area (Å²) in [5, 5.41) is 6.39. The third kappa shape index (κ3) is 4.61. The number of halogens is 2. The summed E-state index contributed by atoms with van der Waals surface area (Å²) in [6.45, 7) is 3.76. The van der Waals surface area contributed by atoms with Crippen molar-refractivity contribution in [1.82, 2.24) is 15.5 Å². The van der Waals surface area contributed by atoms with E-state index in [0.717, 1.165) is 38.9 Å². The molecule has 0 aliphatic carbocycles. The fraction of sp³-hybridized carbons (Fsp3) is 0.556. The van der Waals surface area contributed by atoms with Crippen LogP contribution in [0.3, 0.4) is 0 Å². The Balaban J connectivity index is 0.00000243. The van der Waals surface area contributed by atoms with Gasteiger partial charge in [-0.05, 0) is 57.0 Å². The number of rotatable bonds is 5. The van der Waals surface area contributed by atoms with Gasteiger partial charge in [0.05, 0.1) is 10.6 Å². The van der Waals surface area contributed by atoms with Crippen LogP contribution in [0.25, 0.3) is 0 Å². The zero-order valence-electron chi connectivity index (χ0n) is 15.0. The molecule has 1 aromatic carbocycles. The molecule has 144 valence electrons. The van der Waals surface area contributed by atoms with Crippen LogP contribution in [0, 0.1) is 5.92 Å². The Morgan fingerprint density at radius 1 is 1.31 bits per heavy atom. The standard InChI is InChI=1S/C18H25ClN4O2.ClH/c1-20-7-4-13-5-9-22(10-6-13)17(24)15-12-14(2-3-16(15)19)23-11-8-21-18(23)25;/h2-3,12-13,20H,4-11H2,1H3,(H,21,25);1H. The zero-order chi connectivity index (χ0) is 17.8. The monoisotopic (exact) mass is 400 g/mol. The van der Waals surface area contributed by atoms with Gasteiger partial charge in [-0.15, -0.1) is 12.4 Å². The smallest absolute Gasteiger partial charge is 0.321 e. The van der Waals surface area contributed by atoms with E-state index in [-0.39, 0.29) is 24.3 Å². The van der Waals surface area contributed by atoms with Gasteiger partial charge in [-0.25, -0.2) is 4.79 Å². The van der Waals surface area contributed by atoms with Crippen molar-refractivity contribution < 1.29 is 9.59 Å². The van der Waals surface area contributed by atoms with E-state index >= 15 is 0 Å². The topological polar surface area (TPSA) is 64.7 Å². The van der Waals surface area contributed by atoms with Crippen LogP contribution in [0.1, 0.15) is 29.6 Å². The predicted octanol–water partition coefficient (Wildman–Crippen LogP) is 2.75. The molecule has 3 amide bonds. The van der Waals surface area contributed by atoms with Crippen molar-refractivity contribution in [2.45, 2.75) is 19.3 Å². The van der Waals surface area contributed by atoms with Gasteiger partial charge in [0, 0.05) is 31.9 Å². The highest BCUT2D eigenvalue weighted by atomic mass is 35.5. The SMILES string of the molecule is CNCCC1CCN(C(=O)c2cc(N3CCNC3=O)ccc2Cl)CC1.Cl. The summed E-state index contributed by atoms with van der Waals surface area (Å²) in [6, 6.07) is 5.09. The molecule has 0 unspecified atom stereocenters. The first-order valence-electron chi connectivity index (χ1n) is 8.89. The molecule has 6 nitrogen and oxygen atoms in total. The van der Waals surface area contributed by atoms with Crippen molar-refractivity contribution in [2.24, 2.45) is 5.92 Å². The number of hydrogen-bond acceptors (Lipinski definition) is 3. The third-order valence-electron chi connectivity index (χ3n) is 5.05. The van der Waals surface area contributed by atoms with Crippen LogP contribution in [-0.2, 0) is 0 Å². The minimum Gasteiger partial charge on any atom is -0.339 e. The minimum atomic E-state index is -0.133. The van der Waals surface area contributed by atoms with Gasteiger partial charge >= 0.3 is 6.03 Å². The summed E-state index contributed by atoms with van der Waals surface area (Å²) in [4.78, 5) is 28.3. The molecule has 0 atom stereocenters. The lowest BCUT2D eigenvalue weighted by atomic mass is 9.93. The van der Waals surface area contributed by atoms with Gasteiger partial charge in [0.15, 0.2) is 0 Å². The third-order valence-corrected chi connectivity index (χ3v) is 5.38. The highest BCUT2D eigenvalue weighted by Crippen LogP contribution is 2.27. The number of anilines is 1. The summed E-state index contributed by atoms with van der Waals surface area (Å²) >= 11 is 6.28. The molecule has 2 saturated heterocycles. The molecule has 0 spiro atoms. The molecule has 2 fully saturated rings. The highest BCUT2D eigenvalue weighted by molar-refractivity contribution is 6.34. The number of piperidine rings is 1. The number of carbonyl (C=O) groups is 2. The number of amides is 3. The first kappa shape index (κ1) is 20.8. The second-order valence-electron chi connectivity index (χ2n) is 6.68. The Hall–Kier alpha value is -1.50. The Morgan fingerprint density at radius 3 is 2.65 bits per heavy atom. The molecule has 2 aliphatic rings. The molecule has 2 aliphatic heterocycles. The van der Waals surface area contributed by atoms with E-state index in [2.05, 4.69) is 10.6 Å². The van der Waals surface area contributed by atoms with Crippen molar-refractivity contribution >= 4 is 41.6 Å². The lowest BCUT2D eigenvalue weighted by Gasteiger charge is -2.32. The number of nitrogens with one attached hydrogen (secondary N) is 2. The first-order valence-corrected chi connectivity index (χ1v) is 9.26. The lowest BCUT2D eigenvalue weighted by molar-refractivity contribution is 0.0687. The second kappa shape index (κ2) is 9.44. The molecule has 0 bridgehead atoms. The van der Waals surface area contributed by atoms with Gasteiger partial charge in [-0.3, -0.25) is 9.69 Å². The average Bonchev–Trinajstić information content (AvgIpc) is 3.06. The van der Waals surface area contributed by atoms with E-state index in [1.165, 1.54) is 0 Å². The first-order chi connectivity index (χ1) is 12.1. The normalized spacial score (nSPS) is 17.8. The molecule has 26 heavy (non-hydrogen) atoms. The van der Waals surface area contributed by atoms with E-state index in [9.17, 15) is 9.59 Å². The fourth-order valence-corrected chi connectivity index (χ4v) is 3.70. The number of carbonyl (C=O) groups excluding carboxylic acids is 2. The van der Waals surface area contributed by atoms with E-state index < -0.39 is 0 Å². The van der Waals surface area contributed by atoms with Crippen LogP contribution in [0.5, 0.6) is 0 Å². The predicted molar refractivity (Wildman–Crippen MR) is 107 cm³/mol. The van der Waals surface area contributed by atoms with Crippen molar-refractivity contribution in [2.75, 3.05) is 44.7 Å². The van der Waals surface area contributed by atoms with Gasteiger partial charge in [0.1, 0.15) is 0 Å². The summed E-state index contributed by atoms with van der Waals surface area (Å²) in [6.07, 6.45) is 3.21. The Labute approximate surface area is 165 Å². The number of urea groups is 1. The molecule has 0 saturated carbocycles. The molecule has 2 N–H and O–H groups in total. The summed E-state index contributed by atoms with van der Waals surface area (Å²) in [5.41, 5.74) is 1.19. The van der Waals surface area contributed by atoms with Crippen LogP contribution in [0.2, 0.25) is 5.02 Å². The molecule has 0 aromatic heterocycles. The minimum absolute atomic E-state index is 0. The van der Waals surface area contributed by atoms with Gasteiger partial charge in [-0.1, -0.05) is 11.6 Å². The van der Waals surface area contributed by atoms with Crippen LogP contribution < -0.4 is 15.5 Å². The maximum Gasteiger partial charge on any atom is 0.321 e. The average molecular weight is 401 g/mol. The quantitative estimate of drug-likeness (QED) is 0.798. The van der Waals surface area contributed by atoms with E-state index in [0.29, 0.717) is 35.3 Å². The highest BCUT2D eigenvalue weighted by Gasteiger charge is 2.27. The summed E-state index contributed by atoms with van der Waals surface area (Å²) in [7, 11) is 1.97. The zero-order valence-corrected chi connectivity index (χ0v) is 16.5. The molecule has 1 aromatic rings. The van der Waals surface area contributed by atoms with Crippen molar-refractivity contribution in [3.8, 4) is 0 Å². The molecular weight excluding hydrogens is 375 g/mol. The Bertz CT molecular complexity index is 648. The van der Waals surface area contributed by atoms with E-state index in [1.54, 1.807) is 23.1 Å². The second-order valence-corrected chi connectivity index (χ2v) is 7.08. The van der Waals surface area contributed by atoms with Crippen LogP contribution in [0.15, 0.2) is 18.2 Å². The molecular formula is C18H26Cl2N4O2. The van der Waals surface area contributed by atoms with Crippen LogP contribution in [-0.4, -0.2) is 56.6 Å².